The van der Waals surface area contributed by atoms with E-state index < -0.39 is 23.6 Å². The number of pyridine rings is 1. The van der Waals surface area contributed by atoms with Crippen molar-refractivity contribution in [2.45, 2.75) is 31.6 Å². The average Bonchev–Trinajstić information content (AvgIpc) is 3.24. The van der Waals surface area contributed by atoms with Gasteiger partial charge in [-0.1, -0.05) is 30.7 Å². The second-order valence-electron chi connectivity index (χ2n) is 8.75. The molecule has 0 amide bonds. The van der Waals surface area contributed by atoms with Gasteiger partial charge in [-0.2, -0.15) is 0 Å². The van der Waals surface area contributed by atoms with E-state index in [0.717, 1.165) is 18.8 Å². The van der Waals surface area contributed by atoms with Crippen molar-refractivity contribution in [1.29, 1.82) is 0 Å². The number of anilines is 1. The Morgan fingerprint density at radius 2 is 1.97 bits per heavy atom. The predicted molar refractivity (Wildman–Crippen MR) is 114 cm³/mol. The predicted octanol–water partition coefficient (Wildman–Crippen LogP) is 3.22. The van der Waals surface area contributed by atoms with E-state index in [-0.39, 0.29) is 23.4 Å². The van der Waals surface area contributed by atoms with Gasteiger partial charge in [0, 0.05) is 43.1 Å². The maximum Gasteiger partial charge on any atom is 0.341 e. The van der Waals surface area contributed by atoms with Crippen LogP contribution in [-0.4, -0.2) is 40.9 Å². The molecule has 6 atom stereocenters. The summed E-state index contributed by atoms with van der Waals surface area (Å²) >= 11 is 6.80. The molecule has 1 saturated carbocycles. The molecular weight excluding hydrogens is 409 g/mol. The van der Waals surface area contributed by atoms with Gasteiger partial charge in [0.2, 0.25) is 5.43 Å². The Kier molecular flexibility index (Phi) is 4.45. The fourth-order valence-electron chi connectivity index (χ4n) is 5.10. The number of carbonyl (C=O) groups is 1. The number of carboxylic acids is 1. The van der Waals surface area contributed by atoms with Crippen LogP contribution in [0.4, 0.5) is 10.1 Å². The van der Waals surface area contributed by atoms with Crippen molar-refractivity contribution in [3.05, 3.63) is 51.3 Å². The van der Waals surface area contributed by atoms with Gasteiger partial charge in [0.05, 0.1) is 22.3 Å². The Morgan fingerprint density at radius 3 is 2.60 bits per heavy atom. The highest BCUT2D eigenvalue weighted by atomic mass is 35.5. The van der Waals surface area contributed by atoms with Crippen LogP contribution in [-0.2, 0) is 0 Å². The van der Waals surface area contributed by atoms with Gasteiger partial charge in [0.1, 0.15) is 11.7 Å². The fourth-order valence-corrected chi connectivity index (χ4v) is 5.48. The molecule has 158 valence electrons. The minimum absolute atomic E-state index is 0.00880. The van der Waals surface area contributed by atoms with Crippen LogP contribution in [0.5, 0.6) is 0 Å². The molecule has 5 rings (SSSR count). The molecule has 4 unspecified atom stereocenters. The first-order valence-electron chi connectivity index (χ1n) is 10.2. The van der Waals surface area contributed by atoms with Crippen LogP contribution in [0.15, 0.2) is 35.3 Å². The molecule has 3 aliphatic rings. The maximum absolute atomic E-state index is 13.9. The summed E-state index contributed by atoms with van der Waals surface area (Å²) in [7, 11) is 0. The standard InChI is InChI=1S/C22H23ClFN3O3/c1-10-2-4-16(25)13-8-26(7-12(10)13)17-5-3-11-20(19(17)23)27(18-6-15(18)24)9-14(21(11)28)22(29)30/h2-5,9-10,12-13,15-16,18H,6-8,25H2,1H3,(H,29,30)/t10?,12?,13?,15-,16?,18+/m0/s1. The zero-order chi connectivity index (χ0) is 21.3. The van der Waals surface area contributed by atoms with Crippen LogP contribution in [0.2, 0.25) is 5.02 Å². The molecule has 2 fully saturated rings. The van der Waals surface area contributed by atoms with E-state index in [1.807, 2.05) is 0 Å². The van der Waals surface area contributed by atoms with Crippen molar-refractivity contribution >= 4 is 34.2 Å². The lowest BCUT2D eigenvalue weighted by Gasteiger charge is -2.30. The highest BCUT2D eigenvalue weighted by Gasteiger charge is 2.42. The van der Waals surface area contributed by atoms with Crippen LogP contribution >= 0.6 is 11.6 Å². The number of aromatic carboxylic acids is 1. The summed E-state index contributed by atoms with van der Waals surface area (Å²) in [6, 6.07) is 2.87. The van der Waals surface area contributed by atoms with Crippen molar-refractivity contribution in [2.75, 3.05) is 18.0 Å². The fraction of sp³-hybridized carbons (Fsp3) is 0.455. The molecule has 2 aromatic rings. The van der Waals surface area contributed by atoms with Crippen molar-refractivity contribution in [1.82, 2.24) is 4.57 Å². The lowest BCUT2D eigenvalue weighted by molar-refractivity contribution is 0.0694. The summed E-state index contributed by atoms with van der Waals surface area (Å²) in [5.41, 5.74) is 6.51. The normalized spacial score (nSPS) is 32.5. The summed E-state index contributed by atoms with van der Waals surface area (Å²) in [5, 5.41) is 9.97. The Balaban J connectivity index is 1.64. The van der Waals surface area contributed by atoms with Crippen LogP contribution in [0.1, 0.15) is 29.7 Å². The molecule has 30 heavy (non-hydrogen) atoms. The largest absolute Gasteiger partial charge is 0.477 e. The van der Waals surface area contributed by atoms with Crippen molar-refractivity contribution in [2.24, 2.45) is 23.5 Å². The molecule has 1 aliphatic heterocycles. The van der Waals surface area contributed by atoms with Crippen molar-refractivity contribution in [3.8, 4) is 0 Å². The minimum Gasteiger partial charge on any atom is -0.477 e. The summed E-state index contributed by atoms with van der Waals surface area (Å²) in [6.07, 6.45) is 4.67. The maximum atomic E-state index is 13.9. The lowest BCUT2D eigenvalue weighted by Crippen LogP contribution is -2.38. The lowest BCUT2D eigenvalue weighted by atomic mass is 9.77. The number of carboxylic acid groups (broad SMARTS) is 1. The quantitative estimate of drug-likeness (QED) is 0.728. The number of nitrogens with two attached hydrogens (primary N) is 1. The number of hydrogen-bond acceptors (Lipinski definition) is 4. The summed E-state index contributed by atoms with van der Waals surface area (Å²) < 4.78 is 15.5. The number of allylic oxidation sites excluding steroid dienone is 1. The Labute approximate surface area is 177 Å². The molecule has 1 aromatic carbocycles. The SMILES string of the molecule is CC1C=CC(N)C2CN(c3ccc4c(=O)c(C(=O)O)cn([C@@H]5C[C@@H]5F)c4c3Cl)CC12. The smallest absolute Gasteiger partial charge is 0.341 e. The van der Waals surface area contributed by atoms with Gasteiger partial charge in [0.25, 0.3) is 0 Å². The minimum atomic E-state index is -1.33. The van der Waals surface area contributed by atoms with Crippen molar-refractivity contribution < 1.29 is 14.3 Å². The van der Waals surface area contributed by atoms with E-state index in [1.165, 1.54) is 10.8 Å². The number of benzene rings is 1. The Hall–Kier alpha value is -2.38. The van der Waals surface area contributed by atoms with Crippen LogP contribution in [0.25, 0.3) is 10.9 Å². The number of nitrogens with zero attached hydrogens (tertiary/aromatic N) is 2. The van der Waals surface area contributed by atoms with Crippen molar-refractivity contribution in [3.63, 3.8) is 0 Å². The van der Waals surface area contributed by atoms with Gasteiger partial charge >= 0.3 is 5.97 Å². The van der Waals surface area contributed by atoms with Crippen LogP contribution in [0, 0.1) is 17.8 Å². The highest BCUT2D eigenvalue weighted by molar-refractivity contribution is 6.38. The Morgan fingerprint density at radius 1 is 1.27 bits per heavy atom. The zero-order valence-electron chi connectivity index (χ0n) is 16.5. The van der Waals surface area contributed by atoms with E-state index in [4.69, 9.17) is 17.3 Å². The first-order valence-corrected chi connectivity index (χ1v) is 10.6. The van der Waals surface area contributed by atoms with Gasteiger partial charge in [-0.3, -0.25) is 4.79 Å². The third kappa shape index (κ3) is 2.87. The monoisotopic (exact) mass is 431 g/mol. The molecule has 2 aliphatic carbocycles. The zero-order valence-corrected chi connectivity index (χ0v) is 17.2. The van der Waals surface area contributed by atoms with Gasteiger partial charge < -0.3 is 20.3 Å². The highest BCUT2D eigenvalue weighted by Crippen LogP contribution is 2.45. The molecule has 0 spiro atoms. The topological polar surface area (TPSA) is 88.6 Å². The van der Waals surface area contributed by atoms with Gasteiger partial charge in [-0.25, -0.2) is 9.18 Å². The molecule has 2 heterocycles. The second kappa shape index (κ2) is 6.82. The van der Waals surface area contributed by atoms with Gasteiger partial charge in [0.15, 0.2) is 0 Å². The van der Waals surface area contributed by atoms with E-state index >= 15 is 0 Å². The summed E-state index contributed by atoms with van der Waals surface area (Å²) in [6.45, 7) is 3.73. The first kappa shape index (κ1) is 19.6. The Bertz CT molecular complexity index is 1130. The number of alkyl halides is 1. The number of fused-ring (bicyclic) bond motifs is 2. The van der Waals surface area contributed by atoms with Gasteiger partial charge in [-0.15, -0.1) is 0 Å². The van der Waals surface area contributed by atoms with E-state index in [2.05, 4.69) is 24.0 Å². The molecule has 8 heteroatoms. The number of aromatic nitrogens is 1. The molecule has 1 aromatic heterocycles. The van der Waals surface area contributed by atoms with Gasteiger partial charge in [-0.05, 0) is 24.0 Å². The van der Waals surface area contributed by atoms with E-state index in [9.17, 15) is 19.1 Å². The van der Waals surface area contributed by atoms with E-state index in [0.29, 0.717) is 28.3 Å². The number of halogens is 2. The third-order valence-electron chi connectivity index (χ3n) is 6.94. The molecule has 0 bridgehead atoms. The summed E-state index contributed by atoms with van der Waals surface area (Å²) in [4.78, 5) is 26.5. The molecule has 6 nitrogen and oxygen atoms in total. The van der Waals surface area contributed by atoms with Crippen LogP contribution < -0.4 is 16.1 Å². The molecule has 0 radical (unpaired) electrons. The summed E-state index contributed by atoms with van der Waals surface area (Å²) in [5.74, 6) is -0.195. The molecule has 3 N–H and O–H groups in total. The third-order valence-corrected chi connectivity index (χ3v) is 7.31. The number of rotatable bonds is 3. The molecule has 1 saturated heterocycles. The molecular formula is C22H23ClFN3O3. The first-order chi connectivity index (χ1) is 14.3. The van der Waals surface area contributed by atoms with E-state index in [1.54, 1.807) is 12.1 Å². The number of hydrogen-bond donors (Lipinski definition) is 2. The second-order valence-corrected chi connectivity index (χ2v) is 9.13. The average molecular weight is 432 g/mol. The van der Waals surface area contributed by atoms with Crippen LogP contribution in [0.3, 0.4) is 0 Å².